The lowest BCUT2D eigenvalue weighted by atomic mass is 10.00. The van der Waals surface area contributed by atoms with Gasteiger partial charge in [0, 0.05) is 10.8 Å². The number of nitrogens with zero attached hydrogens (tertiary/aromatic N) is 3. The summed E-state index contributed by atoms with van der Waals surface area (Å²) in [4.78, 5) is 0. The predicted molar refractivity (Wildman–Crippen MR) is 116 cm³/mol. The number of hydrogen-bond donors (Lipinski definition) is 0. The van der Waals surface area contributed by atoms with Crippen molar-refractivity contribution in [3.05, 3.63) is 94.8 Å². The van der Waals surface area contributed by atoms with Crippen molar-refractivity contribution in [3.63, 3.8) is 0 Å². The maximum atomic E-state index is 9.27. The van der Waals surface area contributed by atoms with E-state index in [1.807, 2.05) is 48.5 Å². The molecular formula is C23H16ClN3O2S. The molecule has 0 fully saturated rings. The van der Waals surface area contributed by atoms with E-state index in [2.05, 4.69) is 16.3 Å². The summed E-state index contributed by atoms with van der Waals surface area (Å²) in [6.45, 7) is 0.197. The molecule has 4 rings (SSSR count). The minimum atomic E-state index is 0.197. The van der Waals surface area contributed by atoms with Crippen LogP contribution in [0, 0.1) is 11.3 Å². The number of hydrogen-bond acceptors (Lipinski definition) is 6. The molecule has 4 aromatic rings. The highest BCUT2D eigenvalue weighted by molar-refractivity contribution is 7.98. The van der Waals surface area contributed by atoms with Gasteiger partial charge in [0.05, 0.1) is 11.6 Å². The van der Waals surface area contributed by atoms with E-state index in [-0.39, 0.29) is 6.61 Å². The summed E-state index contributed by atoms with van der Waals surface area (Å²) in [5.41, 5.74) is 3.73. The monoisotopic (exact) mass is 433 g/mol. The van der Waals surface area contributed by atoms with Gasteiger partial charge in [0.15, 0.2) is 6.61 Å². The number of rotatable bonds is 7. The summed E-state index contributed by atoms with van der Waals surface area (Å²) in [5.74, 6) is 1.79. The van der Waals surface area contributed by atoms with Crippen LogP contribution in [-0.2, 0) is 12.4 Å². The Bertz CT molecular complexity index is 1170. The minimum absolute atomic E-state index is 0.197. The van der Waals surface area contributed by atoms with Crippen LogP contribution in [0.1, 0.15) is 17.0 Å². The summed E-state index contributed by atoms with van der Waals surface area (Å²) in [6, 6.07) is 25.0. The molecule has 0 amide bonds. The first-order valence-corrected chi connectivity index (χ1v) is 10.5. The smallest absolute Gasteiger partial charge is 0.277 e. The minimum Gasteiger partial charge on any atom is -0.484 e. The van der Waals surface area contributed by atoms with Gasteiger partial charge in [0.25, 0.3) is 11.1 Å². The quantitative estimate of drug-likeness (QED) is 0.326. The highest BCUT2D eigenvalue weighted by atomic mass is 35.5. The molecule has 1 aromatic heterocycles. The number of thioether (sulfide) groups is 1. The average molecular weight is 434 g/mol. The van der Waals surface area contributed by atoms with E-state index in [1.54, 1.807) is 24.3 Å². The molecule has 0 unspecified atom stereocenters. The summed E-state index contributed by atoms with van der Waals surface area (Å²) in [5, 5.41) is 18.5. The zero-order valence-corrected chi connectivity index (χ0v) is 17.4. The molecule has 0 N–H and O–H groups in total. The molecule has 30 heavy (non-hydrogen) atoms. The number of halogens is 1. The number of benzene rings is 3. The van der Waals surface area contributed by atoms with Gasteiger partial charge in [-0.15, -0.1) is 10.2 Å². The number of nitriles is 1. The Morgan fingerprint density at radius 2 is 1.73 bits per heavy atom. The Labute approximate surface area is 183 Å². The van der Waals surface area contributed by atoms with Crippen molar-refractivity contribution in [1.82, 2.24) is 10.2 Å². The van der Waals surface area contributed by atoms with Crippen molar-refractivity contribution in [3.8, 4) is 22.9 Å². The Morgan fingerprint density at radius 1 is 0.967 bits per heavy atom. The first-order chi connectivity index (χ1) is 14.7. The molecular weight excluding hydrogens is 418 g/mol. The van der Waals surface area contributed by atoms with E-state index >= 15 is 0 Å². The highest BCUT2D eigenvalue weighted by Crippen LogP contribution is 2.26. The molecule has 3 aromatic carbocycles. The van der Waals surface area contributed by atoms with Crippen LogP contribution in [0.4, 0.5) is 0 Å². The Morgan fingerprint density at radius 3 is 2.50 bits per heavy atom. The summed E-state index contributed by atoms with van der Waals surface area (Å²) in [6.07, 6.45) is 0. The van der Waals surface area contributed by atoms with Gasteiger partial charge in [-0.25, -0.2) is 0 Å². The average Bonchev–Trinajstić information content (AvgIpc) is 3.25. The van der Waals surface area contributed by atoms with E-state index in [4.69, 9.17) is 20.8 Å². The second kappa shape index (κ2) is 9.49. The first-order valence-electron chi connectivity index (χ1n) is 9.13. The lowest BCUT2D eigenvalue weighted by Crippen LogP contribution is -1.95. The van der Waals surface area contributed by atoms with Crippen molar-refractivity contribution in [1.29, 1.82) is 5.26 Å². The van der Waals surface area contributed by atoms with E-state index in [1.165, 1.54) is 11.8 Å². The van der Waals surface area contributed by atoms with Crippen molar-refractivity contribution >= 4 is 23.4 Å². The third-order valence-corrected chi connectivity index (χ3v) is 5.44. The Kier molecular flexibility index (Phi) is 6.33. The van der Waals surface area contributed by atoms with E-state index in [9.17, 15) is 5.26 Å². The van der Waals surface area contributed by atoms with Gasteiger partial charge in [-0.05, 0) is 47.0 Å². The molecule has 0 aliphatic heterocycles. The fourth-order valence-electron chi connectivity index (χ4n) is 2.79. The lowest BCUT2D eigenvalue weighted by molar-refractivity contribution is 0.252. The van der Waals surface area contributed by atoms with Gasteiger partial charge in [0.2, 0.25) is 0 Å². The van der Waals surface area contributed by atoms with E-state index in [0.29, 0.717) is 33.2 Å². The second-order valence-electron chi connectivity index (χ2n) is 6.35. The van der Waals surface area contributed by atoms with Crippen LogP contribution < -0.4 is 4.74 Å². The molecule has 7 heteroatoms. The van der Waals surface area contributed by atoms with Gasteiger partial charge in [-0.1, -0.05) is 65.8 Å². The molecule has 0 saturated carbocycles. The maximum Gasteiger partial charge on any atom is 0.277 e. The zero-order chi connectivity index (χ0) is 20.8. The van der Waals surface area contributed by atoms with Crippen LogP contribution in [0.2, 0.25) is 5.02 Å². The molecule has 0 saturated heterocycles. The molecule has 0 aliphatic carbocycles. The van der Waals surface area contributed by atoms with Crippen LogP contribution in [0.5, 0.6) is 5.75 Å². The lowest BCUT2D eigenvalue weighted by Gasteiger charge is -2.05. The standard InChI is InChI=1S/C23H16ClN3O2S/c24-19-9-11-20(12-10-19)28-14-22-26-27-23(29-22)30-15-16-5-7-17(8-6-16)21-4-2-1-3-18(21)13-25/h1-12H,14-15H2. The Hall–Kier alpha value is -3.27. The van der Waals surface area contributed by atoms with Crippen LogP contribution in [-0.4, -0.2) is 10.2 Å². The fourth-order valence-corrected chi connectivity index (χ4v) is 3.65. The second-order valence-corrected chi connectivity index (χ2v) is 7.71. The van der Waals surface area contributed by atoms with Crippen molar-refractivity contribution in [2.75, 3.05) is 0 Å². The number of ether oxygens (including phenoxy) is 1. The molecule has 0 aliphatic rings. The van der Waals surface area contributed by atoms with Gasteiger partial charge in [-0.2, -0.15) is 5.26 Å². The number of aromatic nitrogens is 2. The van der Waals surface area contributed by atoms with E-state index in [0.717, 1.165) is 16.7 Å². The van der Waals surface area contributed by atoms with Gasteiger partial charge < -0.3 is 9.15 Å². The van der Waals surface area contributed by atoms with Crippen LogP contribution in [0.25, 0.3) is 11.1 Å². The molecule has 0 bridgehead atoms. The first kappa shape index (κ1) is 20.0. The molecule has 5 nitrogen and oxygen atoms in total. The van der Waals surface area contributed by atoms with Crippen molar-refractivity contribution in [2.24, 2.45) is 0 Å². The van der Waals surface area contributed by atoms with Crippen molar-refractivity contribution in [2.45, 2.75) is 17.6 Å². The molecule has 0 radical (unpaired) electrons. The third kappa shape index (κ3) is 5.01. The normalized spacial score (nSPS) is 10.5. The van der Waals surface area contributed by atoms with Crippen molar-refractivity contribution < 1.29 is 9.15 Å². The van der Waals surface area contributed by atoms with Gasteiger partial charge in [0.1, 0.15) is 5.75 Å². The highest BCUT2D eigenvalue weighted by Gasteiger charge is 2.09. The van der Waals surface area contributed by atoms with Crippen LogP contribution >= 0.6 is 23.4 Å². The van der Waals surface area contributed by atoms with Gasteiger partial charge >= 0.3 is 0 Å². The van der Waals surface area contributed by atoms with Crippen LogP contribution in [0.15, 0.2) is 82.4 Å². The van der Waals surface area contributed by atoms with Crippen LogP contribution in [0.3, 0.4) is 0 Å². The third-order valence-electron chi connectivity index (χ3n) is 4.30. The molecule has 0 atom stereocenters. The topological polar surface area (TPSA) is 71.9 Å². The maximum absolute atomic E-state index is 9.27. The molecule has 1 heterocycles. The predicted octanol–water partition coefficient (Wildman–Crippen LogP) is 6.13. The summed E-state index contributed by atoms with van der Waals surface area (Å²) >= 11 is 7.32. The summed E-state index contributed by atoms with van der Waals surface area (Å²) < 4.78 is 11.2. The fraction of sp³-hybridized carbons (Fsp3) is 0.0870. The SMILES string of the molecule is N#Cc1ccccc1-c1ccc(CSc2nnc(COc3ccc(Cl)cc3)o2)cc1. The largest absolute Gasteiger partial charge is 0.484 e. The van der Waals surface area contributed by atoms with Gasteiger partial charge in [-0.3, -0.25) is 0 Å². The summed E-state index contributed by atoms with van der Waals surface area (Å²) in [7, 11) is 0. The Balaban J connectivity index is 1.33. The molecule has 0 spiro atoms. The molecule has 148 valence electrons. The van der Waals surface area contributed by atoms with E-state index < -0.39 is 0 Å². The zero-order valence-electron chi connectivity index (χ0n) is 15.8.